The predicted molar refractivity (Wildman–Crippen MR) is 81.1 cm³/mol. The Morgan fingerprint density at radius 1 is 1.15 bits per heavy atom. The van der Waals surface area contributed by atoms with E-state index in [-0.39, 0.29) is 5.69 Å². The van der Waals surface area contributed by atoms with Crippen molar-refractivity contribution in [2.24, 2.45) is 4.99 Å². The SMILES string of the molecule is CN(C)c1ccc(C=Nc2cccc([N+](=O)[O-])c2)cc1. The molecule has 0 spiro atoms. The van der Waals surface area contributed by atoms with Gasteiger partial charge in [0.15, 0.2) is 0 Å². The molecule has 5 heteroatoms. The summed E-state index contributed by atoms with van der Waals surface area (Å²) in [6, 6.07) is 14.2. The van der Waals surface area contributed by atoms with E-state index >= 15 is 0 Å². The van der Waals surface area contributed by atoms with Gasteiger partial charge in [-0.2, -0.15) is 0 Å². The maximum absolute atomic E-state index is 10.7. The summed E-state index contributed by atoms with van der Waals surface area (Å²) in [6.07, 6.45) is 1.69. The van der Waals surface area contributed by atoms with Gasteiger partial charge in [0, 0.05) is 38.1 Å². The van der Waals surface area contributed by atoms with E-state index in [0.29, 0.717) is 5.69 Å². The summed E-state index contributed by atoms with van der Waals surface area (Å²) in [7, 11) is 3.96. The molecule has 0 N–H and O–H groups in total. The minimum absolute atomic E-state index is 0.0441. The van der Waals surface area contributed by atoms with Gasteiger partial charge in [0.25, 0.3) is 5.69 Å². The molecular weight excluding hydrogens is 254 g/mol. The molecule has 0 fully saturated rings. The van der Waals surface area contributed by atoms with Gasteiger partial charge in [-0.25, -0.2) is 0 Å². The number of nitrogens with zero attached hydrogens (tertiary/aromatic N) is 3. The molecule has 2 aromatic rings. The Morgan fingerprint density at radius 2 is 1.85 bits per heavy atom. The van der Waals surface area contributed by atoms with E-state index in [1.807, 2.05) is 43.3 Å². The molecule has 0 saturated heterocycles. The number of non-ortho nitro benzene ring substituents is 1. The highest BCUT2D eigenvalue weighted by Crippen LogP contribution is 2.19. The molecule has 0 aliphatic carbocycles. The van der Waals surface area contributed by atoms with Crippen LogP contribution in [0.15, 0.2) is 53.5 Å². The van der Waals surface area contributed by atoms with Crippen LogP contribution in [0, 0.1) is 10.1 Å². The molecule has 5 nitrogen and oxygen atoms in total. The normalized spacial score (nSPS) is 10.7. The summed E-state index contributed by atoms with van der Waals surface area (Å²) in [5.41, 5.74) is 2.66. The van der Waals surface area contributed by atoms with Crippen LogP contribution in [0.3, 0.4) is 0 Å². The Bertz CT molecular complexity index is 634. The van der Waals surface area contributed by atoms with Crippen LogP contribution in [-0.2, 0) is 0 Å². The number of anilines is 1. The third-order valence-corrected chi connectivity index (χ3v) is 2.81. The van der Waals surface area contributed by atoms with Crippen LogP contribution in [0.2, 0.25) is 0 Å². The average Bonchev–Trinajstić information content (AvgIpc) is 2.46. The quantitative estimate of drug-likeness (QED) is 0.485. The fourth-order valence-electron chi connectivity index (χ4n) is 1.69. The monoisotopic (exact) mass is 269 g/mol. The first-order chi connectivity index (χ1) is 9.56. The van der Waals surface area contributed by atoms with Crippen LogP contribution in [0.25, 0.3) is 0 Å². The molecule has 0 aromatic heterocycles. The van der Waals surface area contributed by atoms with Crippen LogP contribution in [-0.4, -0.2) is 25.2 Å². The van der Waals surface area contributed by atoms with Crippen molar-refractivity contribution in [3.8, 4) is 0 Å². The standard InChI is InChI=1S/C15H15N3O2/c1-17(2)14-8-6-12(7-9-14)11-16-13-4-3-5-15(10-13)18(19)20/h3-11H,1-2H3. The van der Waals surface area contributed by atoms with E-state index in [2.05, 4.69) is 4.99 Å². The van der Waals surface area contributed by atoms with E-state index < -0.39 is 4.92 Å². The number of rotatable bonds is 4. The van der Waals surface area contributed by atoms with E-state index in [0.717, 1.165) is 11.3 Å². The van der Waals surface area contributed by atoms with Crippen molar-refractivity contribution in [2.75, 3.05) is 19.0 Å². The highest BCUT2D eigenvalue weighted by molar-refractivity contribution is 5.82. The van der Waals surface area contributed by atoms with Crippen LogP contribution in [0.5, 0.6) is 0 Å². The highest BCUT2D eigenvalue weighted by atomic mass is 16.6. The number of hydrogen-bond donors (Lipinski definition) is 0. The smallest absolute Gasteiger partial charge is 0.271 e. The summed E-state index contributed by atoms with van der Waals surface area (Å²) >= 11 is 0. The number of aliphatic imine (C=N–C) groups is 1. The van der Waals surface area contributed by atoms with E-state index in [1.54, 1.807) is 18.3 Å². The lowest BCUT2D eigenvalue weighted by atomic mass is 10.2. The zero-order valence-electron chi connectivity index (χ0n) is 11.4. The van der Waals surface area contributed by atoms with Crippen molar-refractivity contribution in [1.29, 1.82) is 0 Å². The Hall–Kier alpha value is -2.69. The zero-order chi connectivity index (χ0) is 14.5. The molecule has 2 rings (SSSR count). The molecular formula is C15H15N3O2. The van der Waals surface area contributed by atoms with Gasteiger partial charge in [-0.05, 0) is 23.8 Å². The van der Waals surface area contributed by atoms with Gasteiger partial charge in [-0.1, -0.05) is 18.2 Å². The minimum Gasteiger partial charge on any atom is -0.378 e. The van der Waals surface area contributed by atoms with Gasteiger partial charge in [0.1, 0.15) is 0 Å². The maximum Gasteiger partial charge on any atom is 0.271 e. The topological polar surface area (TPSA) is 58.7 Å². The van der Waals surface area contributed by atoms with Gasteiger partial charge >= 0.3 is 0 Å². The van der Waals surface area contributed by atoms with Crippen LogP contribution >= 0.6 is 0 Å². The lowest BCUT2D eigenvalue weighted by Crippen LogP contribution is -2.08. The summed E-state index contributed by atoms with van der Waals surface area (Å²) in [5, 5.41) is 10.7. The second-order valence-electron chi connectivity index (χ2n) is 4.52. The van der Waals surface area contributed by atoms with Crippen LogP contribution < -0.4 is 4.90 Å². The van der Waals surface area contributed by atoms with Crippen molar-refractivity contribution >= 4 is 23.3 Å². The Labute approximate surface area is 117 Å². The van der Waals surface area contributed by atoms with E-state index in [4.69, 9.17) is 0 Å². The number of benzene rings is 2. The second kappa shape index (κ2) is 5.97. The molecule has 0 bridgehead atoms. The first-order valence-corrected chi connectivity index (χ1v) is 6.12. The maximum atomic E-state index is 10.7. The molecule has 0 atom stereocenters. The van der Waals surface area contributed by atoms with Crippen molar-refractivity contribution in [3.63, 3.8) is 0 Å². The summed E-state index contributed by atoms with van der Waals surface area (Å²) in [5.74, 6) is 0. The van der Waals surface area contributed by atoms with Crippen molar-refractivity contribution in [1.82, 2.24) is 0 Å². The third-order valence-electron chi connectivity index (χ3n) is 2.81. The van der Waals surface area contributed by atoms with Crippen molar-refractivity contribution < 1.29 is 4.92 Å². The summed E-state index contributed by atoms with van der Waals surface area (Å²) in [4.78, 5) is 16.5. The highest BCUT2D eigenvalue weighted by Gasteiger charge is 2.04. The Morgan fingerprint density at radius 3 is 2.45 bits per heavy atom. The number of nitro benzene ring substituents is 1. The molecule has 0 unspecified atom stereocenters. The van der Waals surface area contributed by atoms with Crippen molar-refractivity contribution in [3.05, 3.63) is 64.2 Å². The first-order valence-electron chi connectivity index (χ1n) is 6.12. The largest absolute Gasteiger partial charge is 0.378 e. The van der Waals surface area contributed by atoms with Crippen molar-refractivity contribution in [2.45, 2.75) is 0 Å². The molecule has 102 valence electrons. The van der Waals surface area contributed by atoms with Gasteiger partial charge in [0.2, 0.25) is 0 Å². The molecule has 0 heterocycles. The lowest BCUT2D eigenvalue weighted by molar-refractivity contribution is -0.384. The lowest BCUT2D eigenvalue weighted by Gasteiger charge is -2.11. The van der Waals surface area contributed by atoms with Gasteiger partial charge in [-0.15, -0.1) is 0 Å². The Kier molecular flexibility index (Phi) is 4.10. The Balaban J connectivity index is 2.16. The van der Waals surface area contributed by atoms with Gasteiger partial charge in [0.05, 0.1) is 10.6 Å². The van der Waals surface area contributed by atoms with Gasteiger partial charge < -0.3 is 4.90 Å². The summed E-state index contributed by atoms with van der Waals surface area (Å²) in [6.45, 7) is 0. The fourth-order valence-corrected chi connectivity index (χ4v) is 1.69. The van der Waals surface area contributed by atoms with E-state index in [9.17, 15) is 10.1 Å². The first kappa shape index (κ1) is 13.7. The molecule has 0 saturated carbocycles. The average molecular weight is 269 g/mol. The molecule has 0 radical (unpaired) electrons. The van der Waals surface area contributed by atoms with Crippen LogP contribution in [0.4, 0.5) is 17.1 Å². The number of hydrogen-bond acceptors (Lipinski definition) is 4. The molecule has 20 heavy (non-hydrogen) atoms. The minimum atomic E-state index is -0.426. The third kappa shape index (κ3) is 3.41. The van der Waals surface area contributed by atoms with Crippen LogP contribution in [0.1, 0.15) is 5.56 Å². The molecule has 0 aliphatic heterocycles. The second-order valence-corrected chi connectivity index (χ2v) is 4.52. The van der Waals surface area contributed by atoms with Gasteiger partial charge in [-0.3, -0.25) is 15.1 Å². The fraction of sp³-hybridized carbons (Fsp3) is 0.133. The zero-order valence-corrected chi connectivity index (χ0v) is 11.4. The van der Waals surface area contributed by atoms with E-state index in [1.165, 1.54) is 12.1 Å². The summed E-state index contributed by atoms with van der Waals surface area (Å²) < 4.78 is 0. The number of nitro groups is 1. The molecule has 0 amide bonds. The predicted octanol–water partition coefficient (Wildman–Crippen LogP) is 3.41. The molecule has 2 aromatic carbocycles. The molecule has 0 aliphatic rings.